The number of carbonyl (C=O) groups is 4. The second-order valence-corrected chi connectivity index (χ2v) is 26.5. The highest BCUT2D eigenvalue weighted by Gasteiger charge is 2.30. The lowest BCUT2D eigenvalue weighted by molar-refractivity contribution is -0.161. The smallest absolute Gasteiger partial charge is 0.462 e. The van der Waals surface area contributed by atoms with Crippen molar-refractivity contribution >= 4 is 39.5 Å². The predicted octanol–water partition coefficient (Wildman–Crippen LogP) is 16.7. The van der Waals surface area contributed by atoms with Gasteiger partial charge < -0.3 is 33.8 Å². The first-order chi connectivity index (χ1) is 38.8. The third-order valence-corrected chi connectivity index (χ3v) is 16.4. The Kier molecular flexibility index (Phi) is 52.2. The van der Waals surface area contributed by atoms with Gasteiger partial charge in [-0.15, -0.1) is 0 Å². The van der Waals surface area contributed by atoms with Crippen LogP contribution in [0.5, 0.6) is 0 Å². The van der Waals surface area contributed by atoms with Crippen LogP contribution in [0.15, 0.2) is 0 Å². The number of phosphoric acid groups is 2. The molecule has 6 atom stereocenters. The van der Waals surface area contributed by atoms with Gasteiger partial charge in [-0.1, -0.05) is 248 Å². The molecule has 0 saturated heterocycles. The number of aliphatic hydroxyl groups excluding tert-OH is 1. The lowest BCUT2D eigenvalue weighted by Gasteiger charge is -2.21. The van der Waals surface area contributed by atoms with E-state index in [1.54, 1.807) is 0 Å². The average molecular weight is 1200 g/mol. The number of carbonyl (C=O) groups excluding carboxylic acids is 4. The summed E-state index contributed by atoms with van der Waals surface area (Å²) in [4.78, 5) is 72.0. The molecule has 0 rings (SSSR count). The SMILES string of the molecule is CCCCCCCCCCCC(=O)OC[C@H](COP(=O)(O)OC[C@H](O)COP(=O)(O)OC[C@@H](COC(=O)CCCCCCCCC(C)C)OC(=O)CCCCCCCCCCCCC(C)CC)OC(=O)CCCCCCCCC(C)C. The minimum atomic E-state index is -4.94. The van der Waals surface area contributed by atoms with Gasteiger partial charge in [0.2, 0.25) is 0 Å². The number of ether oxygens (including phenoxy) is 4. The van der Waals surface area contributed by atoms with Gasteiger partial charge in [0.15, 0.2) is 12.2 Å². The zero-order chi connectivity index (χ0) is 60.3. The third kappa shape index (κ3) is 55.7. The van der Waals surface area contributed by atoms with Gasteiger partial charge in [-0.2, -0.15) is 0 Å². The molecule has 0 amide bonds. The van der Waals surface area contributed by atoms with E-state index in [1.165, 1.54) is 103 Å². The second-order valence-electron chi connectivity index (χ2n) is 23.6. The first kappa shape index (κ1) is 79.1. The van der Waals surface area contributed by atoms with Crippen molar-refractivity contribution in [1.29, 1.82) is 0 Å². The van der Waals surface area contributed by atoms with Gasteiger partial charge in [0.05, 0.1) is 26.4 Å². The van der Waals surface area contributed by atoms with Crippen molar-refractivity contribution in [3.05, 3.63) is 0 Å². The molecule has 17 nitrogen and oxygen atoms in total. The van der Waals surface area contributed by atoms with Crippen LogP contribution in [0, 0.1) is 17.8 Å². The van der Waals surface area contributed by atoms with Crippen molar-refractivity contribution in [1.82, 2.24) is 0 Å². The highest BCUT2D eigenvalue weighted by molar-refractivity contribution is 7.47. The molecule has 480 valence electrons. The van der Waals surface area contributed by atoms with E-state index in [2.05, 4.69) is 48.5 Å². The van der Waals surface area contributed by atoms with Crippen LogP contribution < -0.4 is 0 Å². The van der Waals surface area contributed by atoms with Crippen LogP contribution in [0.2, 0.25) is 0 Å². The lowest BCUT2D eigenvalue weighted by atomic mass is 9.99. The van der Waals surface area contributed by atoms with Crippen LogP contribution in [0.1, 0.15) is 299 Å². The summed E-state index contributed by atoms with van der Waals surface area (Å²) in [6.07, 6.45) is 33.7. The fraction of sp³-hybridized carbons (Fsp3) is 0.935. The van der Waals surface area contributed by atoms with Crippen molar-refractivity contribution in [3.63, 3.8) is 0 Å². The Morgan fingerprint density at radius 3 is 0.938 bits per heavy atom. The Bertz CT molecular complexity index is 1620. The van der Waals surface area contributed by atoms with Gasteiger partial charge in [0.1, 0.15) is 19.3 Å². The van der Waals surface area contributed by atoms with E-state index in [0.717, 1.165) is 102 Å². The number of phosphoric ester groups is 2. The van der Waals surface area contributed by atoms with E-state index in [9.17, 15) is 43.2 Å². The lowest BCUT2D eigenvalue weighted by Crippen LogP contribution is -2.30. The number of rotatable bonds is 60. The number of hydrogen-bond acceptors (Lipinski definition) is 15. The molecule has 0 fully saturated rings. The summed E-state index contributed by atoms with van der Waals surface area (Å²) in [7, 11) is -9.88. The molecular formula is C62H120O17P2. The van der Waals surface area contributed by atoms with Crippen molar-refractivity contribution < 1.29 is 80.2 Å². The molecule has 3 N–H and O–H groups in total. The topological polar surface area (TPSA) is 237 Å². The molecule has 0 aromatic heterocycles. The van der Waals surface area contributed by atoms with E-state index >= 15 is 0 Å². The maximum atomic E-state index is 12.9. The highest BCUT2D eigenvalue weighted by atomic mass is 31.2. The first-order valence-corrected chi connectivity index (χ1v) is 35.4. The largest absolute Gasteiger partial charge is 0.472 e. The summed E-state index contributed by atoms with van der Waals surface area (Å²) in [5.41, 5.74) is 0. The Balaban J connectivity index is 5.23. The predicted molar refractivity (Wildman–Crippen MR) is 321 cm³/mol. The quantitative estimate of drug-likeness (QED) is 0.0222. The third-order valence-electron chi connectivity index (χ3n) is 14.5. The Hall–Kier alpha value is -1.94. The van der Waals surface area contributed by atoms with E-state index in [-0.39, 0.29) is 25.7 Å². The molecule has 0 aromatic rings. The van der Waals surface area contributed by atoms with Gasteiger partial charge in [-0.3, -0.25) is 37.3 Å². The fourth-order valence-electron chi connectivity index (χ4n) is 9.09. The zero-order valence-corrected chi connectivity index (χ0v) is 54.0. The van der Waals surface area contributed by atoms with Crippen LogP contribution in [-0.2, 0) is 65.4 Å². The monoisotopic (exact) mass is 1200 g/mol. The summed E-state index contributed by atoms with van der Waals surface area (Å²) in [5.74, 6) is 0.00670. The molecule has 81 heavy (non-hydrogen) atoms. The van der Waals surface area contributed by atoms with E-state index in [1.807, 2.05) is 0 Å². The normalized spacial score (nSPS) is 14.8. The molecule has 0 bridgehead atoms. The summed E-state index contributed by atoms with van der Waals surface area (Å²) in [6.45, 7) is 11.6. The number of esters is 4. The Labute approximate surface area is 492 Å². The van der Waals surface area contributed by atoms with Gasteiger partial charge in [-0.05, 0) is 43.4 Å². The van der Waals surface area contributed by atoms with Gasteiger partial charge in [-0.25, -0.2) is 9.13 Å². The standard InChI is InChI=1S/C62H120O17P2/c1-8-10-11-12-13-16-20-29-36-43-59(64)72-49-58(79-62(67)46-39-32-25-23-27-34-41-54(5)6)52-77-81(70,71)75-48-56(63)47-74-80(68,69)76-51-57(50-73-60(65)44-37-30-24-22-26-33-40-53(3)4)78-61(66)45-38-31-21-18-15-14-17-19-28-35-42-55(7)9-2/h53-58,63H,8-52H2,1-7H3,(H,68,69)(H,70,71)/t55?,56-,57-,58-/m1/s1. The summed E-state index contributed by atoms with van der Waals surface area (Å²) < 4.78 is 67.8. The van der Waals surface area contributed by atoms with Crippen molar-refractivity contribution in [2.24, 2.45) is 17.8 Å². The molecule has 0 aliphatic carbocycles. The molecule has 0 radical (unpaired) electrons. The van der Waals surface area contributed by atoms with Crippen LogP contribution in [0.4, 0.5) is 0 Å². The number of aliphatic hydroxyl groups is 1. The average Bonchev–Trinajstić information content (AvgIpc) is 3.42. The molecule has 0 aromatic carbocycles. The van der Waals surface area contributed by atoms with Gasteiger partial charge in [0, 0.05) is 25.7 Å². The van der Waals surface area contributed by atoms with Crippen LogP contribution in [0.3, 0.4) is 0 Å². The van der Waals surface area contributed by atoms with Crippen molar-refractivity contribution in [2.75, 3.05) is 39.6 Å². The Morgan fingerprint density at radius 1 is 0.358 bits per heavy atom. The van der Waals surface area contributed by atoms with Crippen LogP contribution in [0.25, 0.3) is 0 Å². The van der Waals surface area contributed by atoms with Crippen molar-refractivity contribution in [3.8, 4) is 0 Å². The summed E-state index contributed by atoms with van der Waals surface area (Å²) in [6, 6.07) is 0. The van der Waals surface area contributed by atoms with E-state index < -0.39 is 97.5 Å². The summed E-state index contributed by atoms with van der Waals surface area (Å²) in [5, 5.41) is 10.5. The molecule has 0 heterocycles. The second kappa shape index (κ2) is 53.5. The minimum absolute atomic E-state index is 0.101. The van der Waals surface area contributed by atoms with E-state index in [0.29, 0.717) is 37.5 Å². The van der Waals surface area contributed by atoms with E-state index in [4.69, 9.17) is 37.0 Å². The molecule has 0 saturated carbocycles. The first-order valence-electron chi connectivity index (χ1n) is 32.4. The maximum absolute atomic E-state index is 12.9. The highest BCUT2D eigenvalue weighted by Crippen LogP contribution is 2.45. The van der Waals surface area contributed by atoms with Crippen molar-refractivity contribution in [2.45, 2.75) is 317 Å². The Morgan fingerprint density at radius 2 is 0.630 bits per heavy atom. The van der Waals surface area contributed by atoms with Gasteiger partial charge in [0.25, 0.3) is 0 Å². The minimum Gasteiger partial charge on any atom is -0.462 e. The molecule has 0 aliphatic heterocycles. The van der Waals surface area contributed by atoms with Crippen LogP contribution >= 0.6 is 15.6 Å². The molecule has 0 spiro atoms. The molecule has 3 unspecified atom stereocenters. The maximum Gasteiger partial charge on any atom is 0.472 e. The van der Waals surface area contributed by atoms with Crippen LogP contribution in [-0.4, -0.2) is 96.7 Å². The summed E-state index contributed by atoms with van der Waals surface area (Å²) >= 11 is 0. The molecule has 19 heteroatoms. The fourth-order valence-corrected chi connectivity index (χ4v) is 10.7. The number of unbranched alkanes of at least 4 members (excludes halogenated alkanes) is 27. The molecule has 0 aliphatic rings. The zero-order valence-electron chi connectivity index (χ0n) is 52.2. The number of hydrogen-bond donors (Lipinski definition) is 3. The molecular weight excluding hydrogens is 1080 g/mol. The van der Waals surface area contributed by atoms with Gasteiger partial charge >= 0.3 is 39.5 Å².